The smallest absolute Gasteiger partial charge is 0.465 e. The summed E-state index contributed by atoms with van der Waals surface area (Å²) in [5.74, 6) is 0.133. The molecule has 6 nitrogen and oxygen atoms in total. The predicted octanol–water partition coefficient (Wildman–Crippen LogP) is 1.93. The molecule has 0 spiro atoms. The van der Waals surface area contributed by atoms with E-state index in [0.717, 1.165) is 56.3 Å². The second-order valence-electron chi connectivity index (χ2n) is 7.48. The van der Waals surface area contributed by atoms with Gasteiger partial charge >= 0.3 is 13.1 Å². The van der Waals surface area contributed by atoms with Crippen LogP contribution in [0.4, 0.5) is 5.69 Å². The maximum absolute atomic E-state index is 13.3. The van der Waals surface area contributed by atoms with Gasteiger partial charge in [-0.15, -0.1) is 11.3 Å². The van der Waals surface area contributed by atoms with E-state index in [1.54, 1.807) is 11.0 Å². The molecule has 26 heavy (non-hydrogen) atoms. The molecule has 0 radical (unpaired) electrons. The van der Waals surface area contributed by atoms with Crippen molar-refractivity contribution in [3.63, 3.8) is 0 Å². The summed E-state index contributed by atoms with van der Waals surface area (Å²) >= 11 is 0.977. The first-order chi connectivity index (χ1) is 12.4. The van der Waals surface area contributed by atoms with Crippen molar-refractivity contribution in [3.05, 3.63) is 10.9 Å². The third kappa shape index (κ3) is 3.82. The lowest BCUT2D eigenvalue weighted by Gasteiger charge is -2.40. The molecule has 1 aromatic rings. The van der Waals surface area contributed by atoms with Crippen molar-refractivity contribution in [2.45, 2.75) is 57.9 Å². The quantitative estimate of drug-likeness (QED) is 0.603. The highest BCUT2D eigenvalue weighted by Crippen LogP contribution is 2.38. The van der Waals surface area contributed by atoms with E-state index in [0.29, 0.717) is 11.6 Å². The predicted molar refractivity (Wildman–Crippen MR) is 102 cm³/mol. The Bertz CT molecular complexity index is 665. The Morgan fingerprint density at radius 2 is 1.85 bits per heavy atom. The number of carbonyl (C=O) groups is 2. The minimum absolute atomic E-state index is 0.0281. The highest BCUT2D eigenvalue weighted by Gasteiger charge is 2.38. The van der Waals surface area contributed by atoms with Crippen LogP contribution in [0, 0.1) is 11.8 Å². The number of esters is 1. The Morgan fingerprint density at radius 1 is 1.19 bits per heavy atom. The van der Waals surface area contributed by atoms with Crippen molar-refractivity contribution in [1.82, 2.24) is 0 Å². The van der Waals surface area contributed by atoms with Crippen molar-refractivity contribution < 1.29 is 24.4 Å². The molecule has 2 fully saturated rings. The van der Waals surface area contributed by atoms with Crippen LogP contribution in [-0.2, 0) is 9.53 Å². The van der Waals surface area contributed by atoms with E-state index in [9.17, 15) is 19.6 Å². The average Bonchev–Trinajstić information content (AvgIpc) is 3.02. The average molecular weight is 379 g/mol. The third-order valence-electron chi connectivity index (χ3n) is 5.66. The van der Waals surface area contributed by atoms with Gasteiger partial charge in [-0.1, -0.05) is 6.92 Å². The second kappa shape index (κ2) is 8.11. The van der Waals surface area contributed by atoms with Crippen LogP contribution in [0.25, 0.3) is 0 Å². The van der Waals surface area contributed by atoms with Gasteiger partial charge in [-0.05, 0) is 56.9 Å². The lowest BCUT2D eigenvalue weighted by Crippen LogP contribution is -2.48. The van der Waals surface area contributed by atoms with Gasteiger partial charge in [0.2, 0.25) is 5.91 Å². The summed E-state index contributed by atoms with van der Waals surface area (Å²) in [5.41, 5.74) is 0.471. The lowest BCUT2D eigenvalue weighted by molar-refractivity contribution is -0.124. The van der Waals surface area contributed by atoms with Gasteiger partial charge in [-0.2, -0.15) is 0 Å². The van der Waals surface area contributed by atoms with E-state index in [4.69, 9.17) is 4.74 Å². The fourth-order valence-electron chi connectivity index (χ4n) is 3.79. The van der Waals surface area contributed by atoms with Gasteiger partial charge in [0, 0.05) is 16.7 Å². The molecule has 1 aromatic heterocycles. The fraction of sp³-hybridized carbons (Fsp3) is 0.667. The number of methoxy groups -OCH3 is 1. The molecule has 0 bridgehead atoms. The van der Waals surface area contributed by atoms with Crippen LogP contribution in [0.5, 0.6) is 0 Å². The maximum Gasteiger partial charge on any atom is 0.499 e. The zero-order valence-electron chi connectivity index (χ0n) is 15.3. The number of ether oxygens (including phenoxy) is 1. The molecule has 0 aromatic carbocycles. The van der Waals surface area contributed by atoms with Gasteiger partial charge < -0.3 is 19.7 Å². The van der Waals surface area contributed by atoms with E-state index in [1.165, 1.54) is 7.11 Å². The van der Waals surface area contributed by atoms with Crippen LogP contribution < -0.4 is 9.68 Å². The minimum Gasteiger partial charge on any atom is -0.465 e. The molecule has 2 aliphatic carbocycles. The molecule has 2 aliphatic rings. The van der Waals surface area contributed by atoms with E-state index >= 15 is 0 Å². The zero-order valence-corrected chi connectivity index (χ0v) is 16.1. The molecular formula is C18H26BNO5S. The molecule has 2 saturated carbocycles. The third-order valence-corrected chi connectivity index (χ3v) is 6.80. The second-order valence-corrected chi connectivity index (χ2v) is 8.56. The van der Waals surface area contributed by atoms with E-state index < -0.39 is 13.1 Å². The highest BCUT2D eigenvalue weighted by atomic mass is 32.1. The molecule has 0 saturated heterocycles. The Balaban J connectivity index is 1.95. The van der Waals surface area contributed by atoms with Gasteiger partial charge in [-0.3, -0.25) is 4.79 Å². The normalized spacial score (nSPS) is 23.2. The maximum atomic E-state index is 13.3. The van der Waals surface area contributed by atoms with Crippen LogP contribution in [0.1, 0.15) is 61.5 Å². The number of rotatable bonds is 5. The van der Waals surface area contributed by atoms with Crippen LogP contribution in [0.15, 0.2) is 6.07 Å². The van der Waals surface area contributed by atoms with Gasteiger partial charge in [0.15, 0.2) is 0 Å². The molecule has 3 rings (SSSR count). The molecule has 1 amide bonds. The first-order valence-corrected chi connectivity index (χ1v) is 10.1. The molecule has 1 heterocycles. The molecule has 0 unspecified atom stereocenters. The first-order valence-electron chi connectivity index (χ1n) is 9.33. The molecule has 142 valence electrons. The van der Waals surface area contributed by atoms with E-state index in [-0.39, 0.29) is 27.5 Å². The van der Waals surface area contributed by atoms with Crippen LogP contribution in [0.3, 0.4) is 0 Å². The molecular weight excluding hydrogens is 353 g/mol. The first kappa shape index (κ1) is 19.4. The standard InChI is InChI=1S/C18H26BNO5S/c1-11-6-8-12(9-7-11)17(21)20(13-4-3-5-13)14-10-15(19(23)24)26-16(14)18(22)25-2/h10-13,23-24H,3-9H2,1-2H3. The van der Waals surface area contributed by atoms with Crippen LogP contribution >= 0.6 is 11.3 Å². The number of thiophene rings is 1. The molecule has 8 heteroatoms. The van der Waals surface area contributed by atoms with Gasteiger partial charge in [0.05, 0.1) is 12.8 Å². The van der Waals surface area contributed by atoms with E-state index in [2.05, 4.69) is 6.92 Å². The number of carbonyl (C=O) groups excluding carboxylic acids is 2. The fourth-order valence-corrected chi connectivity index (χ4v) is 4.73. The Kier molecular flexibility index (Phi) is 6.04. The van der Waals surface area contributed by atoms with Crippen molar-refractivity contribution in [2.24, 2.45) is 11.8 Å². The van der Waals surface area contributed by atoms with Crippen molar-refractivity contribution in [2.75, 3.05) is 12.0 Å². The monoisotopic (exact) mass is 379 g/mol. The van der Waals surface area contributed by atoms with Gasteiger partial charge in [0.1, 0.15) is 4.88 Å². The number of nitrogens with zero attached hydrogens (tertiary/aromatic N) is 1. The minimum atomic E-state index is -1.67. The Morgan fingerprint density at radius 3 is 2.35 bits per heavy atom. The highest BCUT2D eigenvalue weighted by molar-refractivity contribution is 7.24. The van der Waals surface area contributed by atoms with Crippen LogP contribution in [-0.4, -0.2) is 42.2 Å². The summed E-state index contributed by atoms with van der Waals surface area (Å²) in [6.45, 7) is 2.22. The van der Waals surface area contributed by atoms with E-state index in [1.807, 2.05) is 0 Å². The van der Waals surface area contributed by atoms with Gasteiger partial charge in [-0.25, -0.2) is 4.79 Å². The summed E-state index contributed by atoms with van der Waals surface area (Å²) in [4.78, 5) is 27.6. The number of anilines is 1. The summed E-state index contributed by atoms with van der Waals surface area (Å²) < 4.78 is 5.11. The van der Waals surface area contributed by atoms with Crippen molar-refractivity contribution in [1.29, 1.82) is 0 Å². The molecule has 0 atom stereocenters. The van der Waals surface area contributed by atoms with Crippen molar-refractivity contribution >= 4 is 40.8 Å². The molecule has 0 aliphatic heterocycles. The Labute approximate surface area is 158 Å². The lowest BCUT2D eigenvalue weighted by atomic mass is 9.81. The summed E-state index contributed by atoms with van der Waals surface area (Å²) in [7, 11) is -0.384. The summed E-state index contributed by atoms with van der Waals surface area (Å²) in [5, 5.41) is 19.1. The number of hydrogen-bond acceptors (Lipinski definition) is 6. The molecule has 2 N–H and O–H groups in total. The summed E-state index contributed by atoms with van der Waals surface area (Å²) in [6.07, 6.45) is 6.70. The zero-order chi connectivity index (χ0) is 18.8. The SMILES string of the molecule is COC(=O)c1sc(B(O)O)cc1N(C(=O)C1CCC(C)CC1)C1CCC1. The number of amides is 1. The summed E-state index contributed by atoms with van der Waals surface area (Å²) in [6, 6.07) is 1.63. The largest absolute Gasteiger partial charge is 0.499 e. The van der Waals surface area contributed by atoms with Crippen LogP contribution in [0.2, 0.25) is 0 Å². The topological polar surface area (TPSA) is 87.1 Å². The van der Waals surface area contributed by atoms with Crippen molar-refractivity contribution in [3.8, 4) is 0 Å². The number of hydrogen-bond donors (Lipinski definition) is 2. The Hall–Kier alpha value is -1.38. The van der Waals surface area contributed by atoms with Gasteiger partial charge in [0.25, 0.3) is 0 Å².